The van der Waals surface area contributed by atoms with Crippen molar-refractivity contribution in [2.45, 2.75) is 5.16 Å². The van der Waals surface area contributed by atoms with Gasteiger partial charge in [-0.25, -0.2) is 27.2 Å². The lowest BCUT2D eigenvalue weighted by Gasteiger charge is -2.29. The number of sulfone groups is 1. The van der Waals surface area contributed by atoms with E-state index in [-0.39, 0.29) is 38.9 Å². The lowest BCUT2D eigenvalue weighted by Crippen LogP contribution is -2.44. The summed E-state index contributed by atoms with van der Waals surface area (Å²) in [6.07, 6.45) is 2.75. The first-order chi connectivity index (χ1) is 16.7. The van der Waals surface area contributed by atoms with E-state index in [4.69, 9.17) is 27.9 Å². The van der Waals surface area contributed by atoms with E-state index in [2.05, 4.69) is 47.4 Å². The van der Waals surface area contributed by atoms with E-state index in [0.717, 1.165) is 6.26 Å². The van der Waals surface area contributed by atoms with Crippen molar-refractivity contribution in [3.05, 3.63) is 34.3 Å². The van der Waals surface area contributed by atoms with E-state index in [1.54, 1.807) is 10.5 Å². The highest BCUT2D eigenvalue weighted by molar-refractivity contribution is 14.2. The molecule has 1 aliphatic heterocycles. The standard InChI is InChI=1S/C19H16Cl2FIN7O3PS/c1-35(31,32)19-27-15-9(17(28-19)29-4-2-24-3-5-29)6-13(20)26-18(15)33-16-10-8-25-30(34-23)12(10)7-11(22)14(16)21/h6-8,24,34H,2-5H2,1H3. The Morgan fingerprint density at radius 2 is 1.91 bits per heavy atom. The van der Waals surface area contributed by atoms with E-state index in [0.29, 0.717) is 48.3 Å². The van der Waals surface area contributed by atoms with Crippen LogP contribution >= 0.6 is 51.6 Å². The Balaban J connectivity index is 1.76. The summed E-state index contributed by atoms with van der Waals surface area (Å²) < 4.78 is 47.2. The van der Waals surface area contributed by atoms with Crippen LogP contribution in [0.4, 0.5) is 10.2 Å². The van der Waals surface area contributed by atoms with Gasteiger partial charge in [-0.1, -0.05) is 23.2 Å². The molecule has 16 heteroatoms. The molecule has 3 aromatic heterocycles. The summed E-state index contributed by atoms with van der Waals surface area (Å²) in [5, 5.41) is 7.80. The molecule has 0 bridgehead atoms. The monoisotopic (exact) mass is 669 g/mol. The van der Waals surface area contributed by atoms with Gasteiger partial charge in [-0.2, -0.15) is 10.1 Å². The first kappa shape index (κ1) is 25.0. The van der Waals surface area contributed by atoms with Crippen molar-refractivity contribution in [2.75, 3.05) is 37.3 Å². The molecule has 0 aliphatic carbocycles. The van der Waals surface area contributed by atoms with E-state index < -0.39 is 15.7 Å². The number of hydrogen-bond acceptors (Lipinski definition) is 9. The topological polar surface area (TPSA) is 115 Å². The molecule has 4 heterocycles. The molecule has 1 fully saturated rings. The van der Waals surface area contributed by atoms with Gasteiger partial charge in [-0.05, 0) is 28.1 Å². The second-order valence-electron chi connectivity index (χ2n) is 7.66. The zero-order chi connectivity index (χ0) is 24.9. The smallest absolute Gasteiger partial charge is 0.249 e. The summed E-state index contributed by atoms with van der Waals surface area (Å²) in [6.45, 7) is 2.58. The molecule has 35 heavy (non-hydrogen) atoms. The SMILES string of the molecule is CS(=O)(=O)c1nc(N2CCNCC2)c2cc(Cl)nc(Oc3c(Cl)c(F)cc4c3cnn4PI)c2n1. The number of pyridine rings is 1. The largest absolute Gasteiger partial charge is 0.434 e. The van der Waals surface area contributed by atoms with E-state index in [1.165, 1.54) is 12.3 Å². The van der Waals surface area contributed by atoms with Crippen molar-refractivity contribution in [3.8, 4) is 11.6 Å². The number of rotatable bonds is 5. The van der Waals surface area contributed by atoms with Crippen LogP contribution in [-0.4, -0.2) is 65.4 Å². The molecule has 4 aromatic rings. The average molecular weight is 670 g/mol. The normalized spacial score (nSPS) is 15.1. The zero-order valence-corrected chi connectivity index (χ0v) is 23.4. The van der Waals surface area contributed by atoms with Gasteiger partial charge in [0.15, 0.2) is 5.75 Å². The van der Waals surface area contributed by atoms with E-state index in [1.807, 2.05) is 4.90 Å². The Hall–Kier alpha value is -1.64. The van der Waals surface area contributed by atoms with E-state index in [9.17, 15) is 12.8 Å². The summed E-state index contributed by atoms with van der Waals surface area (Å²) in [6, 6.07) is 2.82. The molecule has 0 saturated carbocycles. The zero-order valence-electron chi connectivity index (χ0n) is 17.9. The summed E-state index contributed by atoms with van der Waals surface area (Å²) in [5.74, 6) is -0.470. The van der Waals surface area contributed by atoms with Gasteiger partial charge in [0.1, 0.15) is 27.3 Å². The lowest BCUT2D eigenvalue weighted by molar-refractivity contribution is 0.468. The fraction of sp³-hybridized carbons (Fsp3) is 0.263. The third kappa shape index (κ3) is 4.74. The number of aromatic nitrogens is 5. The predicted molar refractivity (Wildman–Crippen MR) is 143 cm³/mol. The van der Waals surface area contributed by atoms with Crippen LogP contribution in [0.25, 0.3) is 21.8 Å². The van der Waals surface area contributed by atoms with Gasteiger partial charge >= 0.3 is 0 Å². The summed E-state index contributed by atoms with van der Waals surface area (Å²) >= 11 is 14.7. The maximum atomic E-state index is 14.7. The maximum absolute atomic E-state index is 14.7. The molecule has 1 unspecified atom stereocenters. The van der Waals surface area contributed by atoms with Crippen molar-refractivity contribution in [1.82, 2.24) is 29.8 Å². The van der Waals surface area contributed by atoms with Crippen LogP contribution in [0, 0.1) is 5.82 Å². The average Bonchev–Trinajstić information content (AvgIpc) is 3.23. The second-order valence-corrected chi connectivity index (χ2v) is 12.4. The number of ether oxygens (including phenoxy) is 1. The number of piperazine rings is 1. The Morgan fingerprint density at radius 3 is 2.60 bits per heavy atom. The molecule has 1 aliphatic rings. The first-order valence-corrected chi connectivity index (χ1v) is 16.8. The van der Waals surface area contributed by atoms with Gasteiger partial charge in [0, 0.05) is 38.5 Å². The highest BCUT2D eigenvalue weighted by atomic mass is 127. The summed E-state index contributed by atoms with van der Waals surface area (Å²) in [4.78, 5) is 14.8. The number of nitrogens with zero attached hydrogens (tertiary/aromatic N) is 6. The van der Waals surface area contributed by atoms with Crippen molar-refractivity contribution in [1.29, 1.82) is 0 Å². The van der Waals surface area contributed by atoms with Crippen molar-refractivity contribution >= 4 is 89.1 Å². The minimum atomic E-state index is -3.78. The Morgan fingerprint density at radius 1 is 1.17 bits per heavy atom. The molecule has 184 valence electrons. The van der Waals surface area contributed by atoms with Gasteiger partial charge in [0.25, 0.3) is 0 Å². The molecular weight excluding hydrogens is 654 g/mol. The maximum Gasteiger partial charge on any atom is 0.249 e. The Bertz CT molecular complexity index is 1580. The van der Waals surface area contributed by atoms with E-state index >= 15 is 0 Å². The van der Waals surface area contributed by atoms with Crippen molar-refractivity contribution < 1.29 is 17.5 Å². The van der Waals surface area contributed by atoms with Crippen LogP contribution in [0.3, 0.4) is 0 Å². The summed E-state index contributed by atoms with van der Waals surface area (Å²) in [7, 11) is -3.78. The molecule has 10 nitrogen and oxygen atoms in total. The quantitative estimate of drug-likeness (QED) is 0.144. The van der Waals surface area contributed by atoms with Gasteiger partial charge in [-0.15, -0.1) is 0 Å². The Labute approximate surface area is 223 Å². The van der Waals surface area contributed by atoms with Gasteiger partial charge in [0.2, 0.25) is 20.9 Å². The molecule has 1 saturated heterocycles. The number of anilines is 1. The number of hydrogen-bond donors (Lipinski definition) is 1. The molecule has 0 amide bonds. The van der Waals surface area contributed by atoms with Gasteiger partial charge in [-0.3, -0.25) is 0 Å². The molecule has 1 aromatic carbocycles. The number of nitrogens with one attached hydrogen (secondary N) is 1. The second kappa shape index (κ2) is 9.67. The summed E-state index contributed by atoms with van der Waals surface area (Å²) in [5.41, 5.74) is 0.587. The molecule has 1 atom stereocenters. The minimum absolute atomic E-state index is 0.0260. The molecule has 0 radical (unpaired) electrons. The minimum Gasteiger partial charge on any atom is -0.434 e. The number of halogens is 4. The van der Waals surface area contributed by atoms with Crippen LogP contribution in [0.2, 0.25) is 10.2 Å². The molecular formula is C19H16Cl2FIN7O3PS. The third-order valence-corrected chi connectivity index (χ3v) is 8.61. The van der Waals surface area contributed by atoms with Crippen LogP contribution < -0.4 is 15.0 Å². The third-order valence-electron chi connectivity index (χ3n) is 5.33. The van der Waals surface area contributed by atoms with Crippen LogP contribution in [0.5, 0.6) is 11.6 Å². The van der Waals surface area contributed by atoms with Crippen LogP contribution in [0.15, 0.2) is 23.5 Å². The fourth-order valence-corrected chi connectivity index (χ4v) is 6.16. The van der Waals surface area contributed by atoms with Crippen molar-refractivity contribution in [2.24, 2.45) is 0 Å². The highest BCUT2D eigenvalue weighted by Crippen LogP contribution is 2.42. The molecule has 5 rings (SSSR count). The number of benzene rings is 1. The Kier molecular flexibility index (Phi) is 6.92. The first-order valence-electron chi connectivity index (χ1n) is 10.1. The van der Waals surface area contributed by atoms with Crippen molar-refractivity contribution in [3.63, 3.8) is 0 Å². The highest BCUT2D eigenvalue weighted by Gasteiger charge is 2.25. The van der Waals surface area contributed by atoms with Crippen LogP contribution in [0.1, 0.15) is 0 Å². The lowest BCUT2D eigenvalue weighted by atomic mass is 10.2. The molecule has 1 N–H and O–H groups in total. The van der Waals surface area contributed by atoms with Gasteiger partial charge in [0.05, 0.1) is 28.9 Å². The fourth-order valence-electron chi connectivity index (χ4n) is 3.74. The predicted octanol–water partition coefficient (Wildman–Crippen LogP) is 4.22. The number of fused-ring (bicyclic) bond motifs is 2. The van der Waals surface area contributed by atoms with Crippen LogP contribution in [-0.2, 0) is 9.84 Å². The molecule has 0 spiro atoms. The van der Waals surface area contributed by atoms with Gasteiger partial charge < -0.3 is 15.0 Å².